The van der Waals surface area contributed by atoms with Crippen LogP contribution >= 0.6 is 15.9 Å². The molecule has 0 radical (unpaired) electrons. The van der Waals surface area contributed by atoms with E-state index in [1.165, 1.54) is 0 Å². The van der Waals surface area contributed by atoms with Crippen molar-refractivity contribution >= 4 is 15.9 Å². The molecule has 21 heavy (non-hydrogen) atoms. The summed E-state index contributed by atoms with van der Waals surface area (Å²) in [6.07, 6.45) is 0. The summed E-state index contributed by atoms with van der Waals surface area (Å²) in [6.45, 7) is 1.93. The Hall–Kier alpha value is -1.72. The van der Waals surface area contributed by atoms with Crippen LogP contribution in [0.25, 0.3) is 0 Å². The molecule has 2 N–H and O–H groups in total. The Morgan fingerprint density at radius 2 is 1.67 bits per heavy atom. The molecule has 0 saturated heterocycles. The van der Waals surface area contributed by atoms with Crippen LogP contribution in [0.15, 0.2) is 40.9 Å². The topological polar surface area (TPSA) is 53.7 Å². The number of para-hydroxylation sites is 1. The summed E-state index contributed by atoms with van der Waals surface area (Å²) in [5.74, 6) is 2.44. The van der Waals surface area contributed by atoms with Crippen LogP contribution in [-0.2, 0) is 0 Å². The van der Waals surface area contributed by atoms with E-state index in [0.717, 1.165) is 10.0 Å². The lowest BCUT2D eigenvalue weighted by molar-refractivity contribution is 0.346. The van der Waals surface area contributed by atoms with Gasteiger partial charge in [0, 0.05) is 10.5 Å². The van der Waals surface area contributed by atoms with Gasteiger partial charge in [-0.05, 0) is 36.8 Å². The predicted molar refractivity (Wildman–Crippen MR) is 86.4 cm³/mol. The first-order valence-corrected chi connectivity index (χ1v) is 7.30. The molecule has 0 aliphatic rings. The number of methoxy groups -OCH3 is 2. The highest BCUT2D eigenvalue weighted by molar-refractivity contribution is 9.10. The van der Waals surface area contributed by atoms with Crippen LogP contribution < -0.4 is 19.9 Å². The van der Waals surface area contributed by atoms with Crippen molar-refractivity contribution in [1.82, 2.24) is 0 Å². The van der Waals surface area contributed by atoms with Crippen molar-refractivity contribution < 1.29 is 14.2 Å². The van der Waals surface area contributed by atoms with E-state index in [1.54, 1.807) is 14.2 Å². The number of hydrogen-bond donors (Lipinski definition) is 1. The van der Waals surface area contributed by atoms with Gasteiger partial charge in [-0.25, -0.2) is 0 Å². The lowest BCUT2D eigenvalue weighted by Gasteiger charge is -2.15. The number of hydrogen-bond acceptors (Lipinski definition) is 4. The molecule has 0 aliphatic carbocycles. The molecule has 0 spiro atoms. The SMILES string of the molecule is COc1cccc(OC)c1Oc1ccc(C(C)N)c(Br)c1. The summed E-state index contributed by atoms with van der Waals surface area (Å²) >= 11 is 3.51. The van der Waals surface area contributed by atoms with E-state index in [-0.39, 0.29) is 6.04 Å². The first-order valence-electron chi connectivity index (χ1n) is 6.50. The van der Waals surface area contributed by atoms with Crippen LogP contribution in [0.3, 0.4) is 0 Å². The lowest BCUT2D eigenvalue weighted by Crippen LogP contribution is -2.05. The van der Waals surface area contributed by atoms with Crippen molar-refractivity contribution in [2.45, 2.75) is 13.0 Å². The maximum atomic E-state index is 5.92. The van der Waals surface area contributed by atoms with Crippen LogP contribution in [0.1, 0.15) is 18.5 Å². The molecule has 5 heteroatoms. The molecule has 2 aromatic carbocycles. The maximum Gasteiger partial charge on any atom is 0.210 e. The van der Waals surface area contributed by atoms with Crippen LogP contribution in [0, 0.1) is 0 Å². The Morgan fingerprint density at radius 1 is 1.05 bits per heavy atom. The Kier molecular flexibility index (Phi) is 5.09. The van der Waals surface area contributed by atoms with E-state index >= 15 is 0 Å². The Morgan fingerprint density at radius 3 is 2.14 bits per heavy atom. The van der Waals surface area contributed by atoms with Gasteiger partial charge in [-0.15, -0.1) is 0 Å². The summed E-state index contributed by atoms with van der Waals surface area (Å²) in [5, 5.41) is 0. The second-order valence-electron chi connectivity index (χ2n) is 4.57. The summed E-state index contributed by atoms with van der Waals surface area (Å²) in [5.41, 5.74) is 6.92. The van der Waals surface area contributed by atoms with Crippen LogP contribution in [0.4, 0.5) is 0 Å². The molecule has 0 amide bonds. The number of halogens is 1. The van der Waals surface area contributed by atoms with Gasteiger partial charge in [0.05, 0.1) is 14.2 Å². The van der Waals surface area contributed by atoms with Crippen LogP contribution in [0.2, 0.25) is 0 Å². The molecular weight excluding hydrogens is 334 g/mol. The molecule has 2 aromatic rings. The number of ether oxygens (including phenoxy) is 3. The summed E-state index contributed by atoms with van der Waals surface area (Å²) in [6, 6.07) is 11.1. The Bertz CT molecular complexity index is 607. The average molecular weight is 352 g/mol. The highest BCUT2D eigenvalue weighted by Gasteiger charge is 2.13. The molecule has 0 heterocycles. The third-order valence-electron chi connectivity index (χ3n) is 3.07. The Labute approximate surface area is 132 Å². The molecule has 0 aliphatic heterocycles. The van der Waals surface area contributed by atoms with E-state index < -0.39 is 0 Å². The average Bonchev–Trinajstić information content (AvgIpc) is 2.47. The zero-order chi connectivity index (χ0) is 15.4. The molecule has 112 valence electrons. The van der Waals surface area contributed by atoms with Gasteiger partial charge in [0.2, 0.25) is 5.75 Å². The number of nitrogens with two attached hydrogens (primary N) is 1. The minimum absolute atomic E-state index is 0.0470. The van der Waals surface area contributed by atoms with Crippen molar-refractivity contribution in [2.24, 2.45) is 5.73 Å². The standard InChI is InChI=1S/C16H18BrNO3/c1-10(18)12-8-7-11(9-13(12)17)21-16-14(19-2)5-4-6-15(16)20-3/h4-10H,18H2,1-3H3. The molecule has 0 fully saturated rings. The van der Waals surface area contributed by atoms with Gasteiger partial charge in [-0.3, -0.25) is 0 Å². The molecule has 1 unspecified atom stereocenters. The zero-order valence-electron chi connectivity index (χ0n) is 12.2. The van der Waals surface area contributed by atoms with Gasteiger partial charge in [-0.2, -0.15) is 0 Å². The van der Waals surface area contributed by atoms with E-state index in [0.29, 0.717) is 23.0 Å². The summed E-state index contributed by atoms with van der Waals surface area (Å²) in [4.78, 5) is 0. The fourth-order valence-electron chi connectivity index (χ4n) is 1.98. The van der Waals surface area contributed by atoms with Crippen molar-refractivity contribution in [3.8, 4) is 23.0 Å². The monoisotopic (exact) mass is 351 g/mol. The van der Waals surface area contributed by atoms with Crippen LogP contribution in [0.5, 0.6) is 23.0 Å². The smallest absolute Gasteiger partial charge is 0.210 e. The third kappa shape index (κ3) is 3.49. The fourth-order valence-corrected chi connectivity index (χ4v) is 2.70. The van der Waals surface area contributed by atoms with Crippen molar-refractivity contribution in [3.05, 3.63) is 46.4 Å². The van der Waals surface area contributed by atoms with Crippen LogP contribution in [-0.4, -0.2) is 14.2 Å². The third-order valence-corrected chi connectivity index (χ3v) is 3.75. The van der Waals surface area contributed by atoms with Gasteiger partial charge >= 0.3 is 0 Å². The van der Waals surface area contributed by atoms with Gasteiger partial charge in [-0.1, -0.05) is 28.1 Å². The van der Waals surface area contributed by atoms with E-state index in [4.69, 9.17) is 19.9 Å². The quantitative estimate of drug-likeness (QED) is 0.873. The van der Waals surface area contributed by atoms with Crippen molar-refractivity contribution in [2.75, 3.05) is 14.2 Å². The normalized spacial score (nSPS) is 11.9. The van der Waals surface area contributed by atoms with E-state index in [9.17, 15) is 0 Å². The largest absolute Gasteiger partial charge is 0.493 e. The second kappa shape index (κ2) is 6.83. The molecule has 2 rings (SSSR count). The van der Waals surface area contributed by atoms with E-state index in [1.807, 2.05) is 43.3 Å². The van der Waals surface area contributed by atoms with E-state index in [2.05, 4.69) is 15.9 Å². The molecule has 4 nitrogen and oxygen atoms in total. The Balaban J connectivity index is 2.36. The summed E-state index contributed by atoms with van der Waals surface area (Å²) in [7, 11) is 3.19. The van der Waals surface area contributed by atoms with Gasteiger partial charge < -0.3 is 19.9 Å². The highest BCUT2D eigenvalue weighted by atomic mass is 79.9. The predicted octanol–water partition coefficient (Wildman–Crippen LogP) is 4.28. The summed E-state index contributed by atoms with van der Waals surface area (Å²) < 4.78 is 17.5. The number of rotatable bonds is 5. The van der Waals surface area contributed by atoms with Gasteiger partial charge in [0.15, 0.2) is 11.5 Å². The molecule has 0 aromatic heterocycles. The maximum absolute atomic E-state index is 5.92. The zero-order valence-corrected chi connectivity index (χ0v) is 13.8. The molecule has 1 atom stereocenters. The minimum atomic E-state index is -0.0470. The first-order chi connectivity index (χ1) is 10.1. The molecular formula is C16H18BrNO3. The lowest BCUT2D eigenvalue weighted by atomic mass is 10.1. The van der Waals surface area contributed by atoms with Crippen molar-refractivity contribution in [3.63, 3.8) is 0 Å². The molecule has 0 bridgehead atoms. The minimum Gasteiger partial charge on any atom is -0.493 e. The fraction of sp³-hybridized carbons (Fsp3) is 0.250. The first kappa shape index (κ1) is 15.7. The molecule has 0 saturated carbocycles. The second-order valence-corrected chi connectivity index (χ2v) is 5.42. The number of benzene rings is 2. The highest BCUT2D eigenvalue weighted by Crippen LogP contribution is 2.40. The van der Waals surface area contributed by atoms with Gasteiger partial charge in [0.25, 0.3) is 0 Å². The van der Waals surface area contributed by atoms with Crippen molar-refractivity contribution in [1.29, 1.82) is 0 Å². The van der Waals surface area contributed by atoms with Gasteiger partial charge in [0.1, 0.15) is 5.75 Å².